The Kier molecular flexibility index (Phi) is 6.54. The molecule has 140 valence electrons. The number of cyclic esters (lactones) is 1. The molecule has 2 aromatic rings. The lowest BCUT2D eigenvalue weighted by Gasteiger charge is -2.23. The molecule has 0 fully saturated rings. The molecule has 0 amide bonds. The van der Waals surface area contributed by atoms with Crippen molar-refractivity contribution in [1.82, 2.24) is 0 Å². The Bertz CT molecular complexity index is 817. The van der Waals surface area contributed by atoms with Gasteiger partial charge in [-0.2, -0.15) is 0 Å². The van der Waals surface area contributed by atoms with Crippen molar-refractivity contribution in [1.29, 1.82) is 0 Å². The highest BCUT2D eigenvalue weighted by molar-refractivity contribution is 8.04. The van der Waals surface area contributed by atoms with E-state index in [0.717, 1.165) is 12.0 Å². The van der Waals surface area contributed by atoms with Crippen LogP contribution >= 0.6 is 11.8 Å². The molecule has 3 rings (SSSR count). The maximum Gasteiger partial charge on any atom is 0.348 e. The van der Waals surface area contributed by atoms with Gasteiger partial charge in [-0.25, -0.2) is 4.79 Å². The molecule has 1 aliphatic rings. The van der Waals surface area contributed by atoms with E-state index >= 15 is 0 Å². The van der Waals surface area contributed by atoms with Crippen molar-refractivity contribution >= 4 is 23.7 Å². The van der Waals surface area contributed by atoms with E-state index in [4.69, 9.17) is 9.47 Å². The Morgan fingerprint density at radius 2 is 1.78 bits per heavy atom. The Hall–Kier alpha value is -2.73. The SMILES string of the molecule is O=C(CC1CC(O)=C(SCCc2ccccc2)C(=O)O1)Oc1ccccc1. The van der Waals surface area contributed by atoms with E-state index in [2.05, 4.69) is 0 Å². The lowest BCUT2D eigenvalue weighted by molar-refractivity contribution is -0.149. The number of hydrogen-bond acceptors (Lipinski definition) is 6. The van der Waals surface area contributed by atoms with E-state index in [0.29, 0.717) is 11.5 Å². The van der Waals surface area contributed by atoms with Crippen molar-refractivity contribution in [2.24, 2.45) is 0 Å². The lowest BCUT2D eigenvalue weighted by Crippen LogP contribution is -2.29. The summed E-state index contributed by atoms with van der Waals surface area (Å²) in [5.74, 6) is -0.0381. The Labute approximate surface area is 162 Å². The highest BCUT2D eigenvalue weighted by atomic mass is 32.2. The third kappa shape index (κ3) is 5.62. The van der Waals surface area contributed by atoms with Crippen molar-refractivity contribution in [3.63, 3.8) is 0 Å². The predicted molar refractivity (Wildman–Crippen MR) is 103 cm³/mol. The molecule has 1 unspecified atom stereocenters. The van der Waals surface area contributed by atoms with Gasteiger partial charge < -0.3 is 14.6 Å². The summed E-state index contributed by atoms with van der Waals surface area (Å²) in [6, 6.07) is 18.6. The molecule has 2 aromatic carbocycles. The van der Waals surface area contributed by atoms with Crippen LogP contribution in [0.5, 0.6) is 5.75 Å². The number of benzene rings is 2. The fourth-order valence-electron chi connectivity index (χ4n) is 2.69. The van der Waals surface area contributed by atoms with Crippen LogP contribution in [-0.4, -0.2) is 28.9 Å². The fourth-order valence-corrected chi connectivity index (χ4v) is 3.65. The molecule has 27 heavy (non-hydrogen) atoms. The van der Waals surface area contributed by atoms with Gasteiger partial charge in [0.05, 0.1) is 6.42 Å². The molecule has 1 atom stereocenters. The van der Waals surface area contributed by atoms with E-state index in [9.17, 15) is 14.7 Å². The first-order valence-corrected chi connectivity index (χ1v) is 9.66. The molecule has 0 aliphatic carbocycles. The number of aryl methyl sites for hydroxylation is 1. The Morgan fingerprint density at radius 3 is 2.44 bits per heavy atom. The van der Waals surface area contributed by atoms with Gasteiger partial charge in [0.2, 0.25) is 0 Å². The second-order valence-corrected chi connectivity index (χ2v) is 7.19. The van der Waals surface area contributed by atoms with Crippen molar-refractivity contribution in [3.05, 3.63) is 76.9 Å². The number of rotatable bonds is 7. The van der Waals surface area contributed by atoms with E-state index < -0.39 is 18.0 Å². The van der Waals surface area contributed by atoms with Crippen LogP contribution < -0.4 is 4.74 Å². The van der Waals surface area contributed by atoms with E-state index in [1.54, 1.807) is 24.3 Å². The van der Waals surface area contributed by atoms with Crippen LogP contribution in [0, 0.1) is 0 Å². The molecule has 0 spiro atoms. The summed E-state index contributed by atoms with van der Waals surface area (Å²) in [7, 11) is 0. The van der Waals surface area contributed by atoms with Crippen LogP contribution in [-0.2, 0) is 20.7 Å². The minimum Gasteiger partial charge on any atom is -0.511 e. The van der Waals surface area contributed by atoms with Gasteiger partial charge in [-0.1, -0.05) is 48.5 Å². The second-order valence-electron chi connectivity index (χ2n) is 6.08. The van der Waals surface area contributed by atoms with Gasteiger partial charge in [0.1, 0.15) is 22.5 Å². The first kappa shape index (κ1) is 19.0. The second kappa shape index (κ2) is 9.28. The van der Waals surface area contributed by atoms with E-state index in [1.165, 1.54) is 11.8 Å². The van der Waals surface area contributed by atoms with Gasteiger partial charge in [0.25, 0.3) is 0 Å². The van der Waals surface area contributed by atoms with Crippen molar-refractivity contribution in [2.45, 2.75) is 25.4 Å². The third-order valence-electron chi connectivity index (χ3n) is 3.99. The molecule has 0 bridgehead atoms. The third-order valence-corrected chi connectivity index (χ3v) is 5.09. The maximum atomic E-state index is 12.2. The molecule has 0 saturated heterocycles. The average molecular weight is 384 g/mol. The summed E-state index contributed by atoms with van der Waals surface area (Å²) >= 11 is 1.27. The van der Waals surface area contributed by atoms with Crippen molar-refractivity contribution in [3.8, 4) is 5.75 Å². The highest BCUT2D eigenvalue weighted by Crippen LogP contribution is 2.30. The summed E-state index contributed by atoms with van der Waals surface area (Å²) in [4.78, 5) is 24.4. The summed E-state index contributed by atoms with van der Waals surface area (Å²) in [6.07, 6.45) is 0.0745. The van der Waals surface area contributed by atoms with Crippen molar-refractivity contribution in [2.75, 3.05) is 5.75 Å². The lowest BCUT2D eigenvalue weighted by atomic mass is 10.1. The number of aliphatic hydroxyl groups is 1. The maximum absolute atomic E-state index is 12.2. The standard InChI is InChI=1S/C21H20O5S/c22-18-13-17(14-19(23)25-16-9-5-2-6-10-16)26-21(24)20(18)27-12-11-15-7-3-1-4-8-15/h1-10,17,22H,11-14H2. The smallest absolute Gasteiger partial charge is 0.348 e. The number of hydrogen-bond donors (Lipinski definition) is 1. The molecular weight excluding hydrogens is 364 g/mol. The van der Waals surface area contributed by atoms with Crippen LogP contribution in [0.25, 0.3) is 0 Å². The predicted octanol–water partition coefficient (Wildman–Crippen LogP) is 4.04. The molecule has 1 heterocycles. The first-order valence-electron chi connectivity index (χ1n) is 8.67. The van der Waals surface area contributed by atoms with Gasteiger partial charge in [0.15, 0.2) is 0 Å². The van der Waals surface area contributed by atoms with Gasteiger partial charge in [-0.05, 0) is 24.1 Å². The quantitative estimate of drug-likeness (QED) is 0.574. The number of carbonyl (C=O) groups excluding carboxylic acids is 2. The van der Waals surface area contributed by atoms with Crippen LogP contribution in [0.2, 0.25) is 0 Å². The molecule has 0 radical (unpaired) electrons. The molecular formula is C21H20O5S. The van der Waals surface area contributed by atoms with Crippen LogP contribution in [0.15, 0.2) is 71.3 Å². The van der Waals surface area contributed by atoms with E-state index in [-0.39, 0.29) is 23.5 Å². The fraction of sp³-hybridized carbons (Fsp3) is 0.238. The van der Waals surface area contributed by atoms with Gasteiger partial charge in [0, 0.05) is 12.2 Å². The Morgan fingerprint density at radius 1 is 1.11 bits per heavy atom. The monoisotopic (exact) mass is 384 g/mol. The van der Waals surface area contributed by atoms with E-state index in [1.807, 2.05) is 36.4 Å². The minimum absolute atomic E-state index is 0.0261. The number of aliphatic hydroxyl groups excluding tert-OH is 1. The minimum atomic E-state index is -0.716. The normalized spacial score (nSPS) is 16.7. The number of ether oxygens (including phenoxy) is 2. The summed E-state index contributed by atoms with van der Waals surface area (Å²) in [6.45, 7) is 0. The first-order chi connectivity index (χ1) is 13.1. The Balaban J connectivity index is 1.50. The zero-order chi connectivity index (χ0) is 19.1. The zero-order valence-electron chi connectivity index (χ0n) is 14.7. The average Bonchev–Trinajstić information content (AvgIpc) is 2.65. The summed E-state index contributed by atoms with van der Waals surface area (Å²) in [5, 5.41) is 10.2. The van der Waals surface area contributed by atoms with Gasteiger partial charge in [-0.3, -0.25) is 4.79 Å². The van der Waals surface area contributed by atoms with Gasteiger partial charge in [-0.15, -0.1) is 11.8 Å². The number of thioether (sulfide) groups is 1. The van der Waals surface area contributed by atoms with Crippen LogP contribution in [0.4, 0.5) is 0 Å². The highest BCUT2D eigenvalue weighted by Gasteiger charge is 2.31. The largest absolute Gasteiger partial charge is 0.511 e. The van der Waals surface area contributed by atoms with Gasteiger partial charge >= 0.3 is 11.9 Å². The van der Waals surface area contributed by atoms with Crippen LogP contribution in [0.3, 0.4) is 0 Å². The van der Waals surface area contributed by atoms with Crippen LogP contribution in [0.1, 0.15) is 18.4 Å². The number of carbonyl (C=O) groups is 2. The molecule has 5 nitrogen and oxygen atoms in total. The zero-order valence-corrected chi connectivity index (χ0v) is 15.5. The topological polar surface area (TPSA) is 72.8 Å². The molecule has 0 saturated carbocycles. The number of para-hydroxylation sites is 1. The molecule has 0 aromatic heterocycles. The van der Waals surface area contributed by atoms with Crippen molar-refractivity contribution < 1.29 is 24.2 Å². The molecule has 1 N–H and O–H groups in total. The summed E-state index contributed by atoms with van der Waals surface area (Å²) in [5.41, 5.74) is 1.16. The molecule has 6 heteroatoms. The summed E-state index contributed by atoms with van der Waals surface area (Å²) < 4.78 is 10.5. The molecule has 1 aliphatic heterocycles. The number of esters is 2.